The molecule has 98 valence electrons. The molecule has 1 heterocycles. The van der Waals surface area contributed by atoms with Crippen molar-refractivity contribution in [3.8, 4) is 0 Å². The van der Waals surface area contributed by atoms with E-state index < -0.39 is 0 Å². The first-order chi connectivity index (χ1) is 9.36. The average molecular weight is 254 g/mol. The first-order valence-corrected chi connectivity index (χ1v) is 6.65. The Bertz CT molecular complexity index is 581. The summed E-state index contributed by atoms with van der Waals surface area (Å²) < 4.78 is 0. The molecule has 0 saturated carbocycles. The molecule has 0 atom stereocenters. The molecule has 3 N–H and O–H groups in total. The molecule has 3 rings (SSSR count). The van der Waals surface area contributed by atoms with Crippen LogP contribution in [-0.4, -0.2) is 11.7 Å². The predicted octanol–water partition coefficient (Wildman–Crippen LogP) is 2.76. The van der Waals surface area contributed by atoms with Crippen LogP contribution >= 0.6 is 0 Å². The number of hydrogen-bond donors (Lipinski definition) is 3. The number of nitrogens with one attached hydrogen (secondary N) is 2. The summed E-state index contributed by atoms with van der Waals surface area (Å²) in [5.74, 6) is 0. The van der Waals surface area contributed by atoms with Gasteiger partial charge in [0.15, 0.2) is 0 Å². The van der Waals surface area contributed by atoms with Gasteiger partial charge in [0.2, 0.25) is 0 Å². The van der Waals surface area contributed by atoms with E-state index in [1.54, 1.807) is 0 Å². The smallest absolute Gasteiger partial charge is 0.0682 e. The maximum atomic E-state index is 9.14. The lowest BCUT2D eigenvalue weighted by Crippen LogP contribution is -2.03. The van der Waals surface area contributed by atoms with Gasteiger partial charge in [-0.1, -0.05) is 30.3 Å². The molecule has 0 spiro atoms. The molecule has 2 aromatic rings. The van der Waals surface area contributed by atoms with Gasteiger partial charge >= 0.3 is 0 Å². The monoisotopic (exact) mass is 254 g/mol. The highest BCUT2D eigenvalue weighted by atomic mass is 16.3. The molecule has 0 aromatic heterocycles. The zero-order valence-corrected chi connectivity index (χ0v) is 10.8. The first-order valence-electron chi connectivity index (χ1n) is 6.65. The topological polar surface area (TPSA) is 44.3 Å². The normalized spacial score (nSPS) is 12.9. The number of rotatable bonds is 4. The van der Waals surface area contributed by atoms with Gasteiger partial charge in [-0.15, -0.1) is 0 Å². The van der Waals surface area contributed by atoms with Crippen LogP contribution in [0.2, 0.25) is 0 Å². The van der Waals surface area contributed by atoms with E-state index >= 15 is 0 Å². The summed E-state index contributed by atoms with van der Waals surface area (Å²) in [7, 11) is 0. The standard InChI is InChI=1S/C16H18N2O/c19-11-12-3-1-6-15(9-12)18-10-14-5-2-4-13-7-8-17-16(13)14/h1-6,9,17-19H,7-8,10-11H2. The van der Waals surface area contributed by atoms with Crippen molar-refractivity contribution >= 4 is 11.4 Å². The molecule has 3 nitrogen and oxygen atoms in total. The summed E-state index contributed by atoms with van der Waals surface area (Å²) in [5, 5.41) is 16.0. The number of para-hydroxylation sites is 1. The fraction of sp³-hybridized carbons (Fsp3) is 0.250. The lowest BCUT2D eigenvalue weighted by Gasteiger charge is -2.11. The van der Waals surface area contributed by atoms with E-state index in [-0.39, 0.29) is 6.61 Å². The summed E-state index contributed by atoms with van der Waals surface area (Å²) >= 11 is 0. The fourth-order valence-electron chi connectivity index (χ4n) is 2.54. The van der Waals surface area contributed by atoms with E-state index in [1.807, 2.05) is 24.3 Å². The molecule has 0 fully saturated rings. The van der Waals surface area contributed by atoms with Gasteiger partial charge < -0.3 is 15.7 Å². The highest BCUT2D eigenvalue weighted by Gasteiger charge is 2.12. The molecule has 1 aliphatic rings. The first kappa shape index (κ1) is 12.1. The van der Waals surface area contributed by atoms with E-state index in [9.17, 15) is 0 Å². The Kier molecular flexibility index (Phi) is 3.38. The quantitative estimate of drug-likeness (QED) is 0.786. The van der Waals surface area contributed by atoms with E-state index in [0.717, 1.165) is 30.8 Å². The Morgan fingerprint density at radius 3 is 2.95 bits per heavy atom. The van der Waals surface area contributed by atoms with Gasteiger partial charge in [-0.25, -0.2) is 0 Å². The molecule has 0 amide bonds. The van der Waals surface area contributed by atoms with Crippen molar-refractivity contribution in [3.63, 3.8) is 0 Å². The molecule has 2 aromatic carbocycles. The maximum Gasteiger partial charge on any atom is 0.0682 e. The second-order valence-electron chi connectivity index (χ2n) is 4.84. The summed E-state index contributed by atoms with van der Waals surface area (Å²) in [6.07, 6.45) is 1.11. The summed E-state index contributed by atoms with van der Waals surface area (Å²) in [6.45, 7) is 1.91. The van der Waals surface area contributed by atoms with Crippen molar-refractivity contribution < 1.29 is 5.11 Å². The van der Waals surface area contributed by atoms with Crippen LogP contribution in [0.4, 0.5) is 11.4 Å². The molecular formula is C16H18N2O. The molecule has 1 aliphatic heterocycles. The van der Waals surface area contributed by atoms with Crippen molar-refractivity contribution in [2.75, 3.05) is 17.2 Å². The number of hydrogen-bond acceptors (Lipinski definition) is 3. The lowest BCUT2D eigenvalue weighted by molar-refractivity contribution is 0.282. The van der Waals surface area contributed by atoms with Crippen LogP contribution in [0.5, 0.6) is 0 Å². The Morgan fingerprint density at radius 1 is 1.16 bits per heavy atom. The Labute approximate surface area is 113 Å². The summed E-state index contributed by atoms with van der Waals surface area (Å²) in [5.41, 5.74) is 5.96. The van der Waals surface area contributed by atoms with Gasteiger partial charge in [0, 0.05) is 24.5 Å². The van der Waals surface area contributed by atoms with Gasteiger partial charge in [-0.05, 0) is 35.2 Å². The van der Waals surface area contributed by atoms with Crippen molar-refractivity contribution in [2.24, 2.45) is 0 Å². The van der Waals surface area contributed by atoms with Gasteiger partial charge in [0.05, 0.1) is 6.61 Å². The van der Waals surface area contributed by atoms with Crippen LogP contribution < -0.4 is 10.6 Å². The number of anilines is 2. The highest BCUT2D eigenvalue weighted by Crippen LogP contribution is 2.27. The highest BCUT2D eigenvalue weighted by molar-refractivity contribution is 5.62. The fourth-order valence-corrected chi connectivity index (χ4v) is 2.54. The minimum Gasteiger partial charge on any atom is -0.392 e. The van der Waals surface area contributed by atoms with Crippen molar-refractivity contribution in [2.45, 2.75) is 19.6 Å². The Hall–Kier alpha value is -2.00. The molecular weight excluding hydrogens is 236 g/mol. The second kappa shape index (κ2) is 5.33. The molecule has 0 radical (unpaired) electrons. The average Bonchev–Trinajstić information content (AvgIpc) is 2.94. The summed E-state index contributed by atoms with van der Waals surface area (Å²) in [4.78, 5) is 0. The van der Waals surface area contributed by atoms with Gasteiger partial charge in [-0.2, -0.15) is 0 Å². The second-order valence-corrected chi connectivity index (χ2v) is 4.84. The number of aliphatic hydroxyl groups excluding tert-OH is 1. The SMILES string of the molecule is OCc1cccc(NCc2cccc3c2NCC3)c1. The third kappa shape index (κ3) is 2.56. The van der Waals surface area contributed by atoms with Crippen molar-refractivity contribution in [1.29, 1.82) is 0 Å². The van der Waals surface area contributed by atoms with Crippen LogP contribution in [0, 0.1) is 0 Å². The third-order valence-corrected chi connectivity index (χ3v) is 3.53. The van der Waals surface area contributed by atoms with E-state index in [0.29, 0.717) is 0 Å². The zero-order chi connectivity index (χ0) is 13.1. The largest absolute Gasteiger partial charge is 0.392 e. The van der Waals surface area contributed by atoms with Crippen LogP contribution in [0.3, 0.4) is 0 Å². The van der Waals surface area contributed by atoms with Gasteiger partial charge in [-0.3, -0.25) is 0 Å². The predicted molar refractivity (Wildman–Crippen MR) is 78.3 cm³/mol. The van der Waals surface area contributed by atoms with Crippen molar-refractivity contribution in [1.82, 2.24) is 0 Å². The third-order valence-electron chi connectivity index (χ3n) is 3.53. The van der Waals surface area contributed by atoms with Gasteiger partial charge in [0.1, 0.15) is 0 Å². The number of aliphatic hydroxyl groups is 1. The Morgan fingerprint density at radius 2 is 2.05 bits per heavy atom. The van der Waals surface area contributed by atoms with E-state index in [4.69, 9.17) is 5.11 Å². The van der Waals surface area contributed by atoms with E-state index in [2.05, 4.69) is 28.8 Å². The number of benzene rings is 2. The minimum absolute atomic E-state index is 0.0812. The van der Waals surface area contributed by atoms with Crippen LogP contribution in [0.1, 0.15) is 16.7 Å². The summed E-state index contributed by atoms with van der Waals surface area (Å²) in [6, 6.07) is 14.3. The molecule has 0 saturated heterocycles. The Balaban J connectivity index is 1.74. The lowest BCUT2D eigenvalue weighted by atomic mass is 10.1. The van der Waals surface area contributed by atoms with Gasteiger partial charge in [0.25, 0.3) is 0 Å². The molecule has 19 heavy (non-hydrogen) atoms. The van der Waals surface area contributed by atoms with E-state index in [1.165, 1.54) is 16.8 Å². The zero-order valence-electron chi connectivity index (χ0n) is 10.8. The maximum absolute atomic E-state index is 9.14. The van der Waals surface area contributed by atoms with Crippen LogP contribution in [-0.2, 0) is 19.6 Å². The van der Waals surface area contributed by atoms with Crippen molar-refractivity contribution in [3.05, 3.63) is 59.2 Å². The molecule has 0 unspecified atom stereocenters. The molecule has 0 aliphatic carbocycles. The number of fused-ring (bicyclic) bond motifs is 1. The van der Waals surface area contributed by atoms with Crippen LogP contribution in [0.15, 0.2) is 42.5 Å². The molecule has 3 heteroatoms. The molecule has 0 bridgehead atoms. The van der Waals surface area contributed by atoms with Crippen LogP contribution in [0.25, 0.3) is 0 Å². The minimum atomic E-state index is 0.0812.